The maximum Gasteiger partial charge on any atom is 0.160 e. The Hall–Kier alpha value is -12.8. The van der Waals surface area contributed by atoms with Crippen LogP contribution < -0.4 is 19.3 Å². The van der Waals surface area contributed by atoms with Crippen LogP contribution in [0, 0.1) is 46.5 Å². The summed E-state index contributed by atoms with van der Waals surface area (Å²) in [7, 11) is 0. The average molecular weight is 1350 g/mol. The molecule has 0 spiro atoms. The first-order chi connectivity index (χ1) is 49.7. The van der Waals surface area contributed by atoms with Crippen LogP contribution in [0.25, 0.3) is 45.5 Å². The third-order valence-electron chi connectivity index (χ3n) is 19.5. The van der Waals surface area contributed by atoms with Crippen molar-refractivity contribution in [1.82, 2.24) is 0 Å². The van der Waals surface area contributed by atoms with Gasteiger partial charge in [-0.15, -0.1) is 0 Å². The van der Waals surface area contributed by atoms with Gasteiger partial charge in [0.1, 0.15) is 23.0 Å². The molecular formula is C90H56F8N2O2. The van der Waals surface area contributed by atoms with E-state index in [1.54, 1.807) is 34.1 Å². The van der Waals surface area contributed by atoms with Gasteiger partial charge in [-0.25, -0.2) is 35.1 Å². The molecular weight excluding hydrogens is 1290 g/mol. The van der Waals surface area contributed by atoms with Crippen LogP contribution in [0.1, 0.15) is 55.6 Å². The zero-order chi connectivity index (χ0) is 70.0. The molecule has 14 aromatic rings. The van der Waals surface area contributed by atoms with Gasteiger partial charge in [-0.05, 0) is 235 Å². The Morgan fingerprint density at radius 3 is 0.873 bits per heavy atom. The molecule has 12 heteroatoms. The highest BCUT2D eigenvalue weighted by atomic mass is 19.2. The normalized spacial score (nSPS) is 14.6. The van der Waals surface area contributed by atoms with Gasteiger partial charge in [-0.2, -0.15) is 0 Å². The van der Waals surface area contributed by atoms with Crippen LogP contribution >= 0.6 is 0 Å². The third-order valence-corrected chi connectivity index (χ3v) is 19.5. The highest BCUT2D eigenvalue weighted by molar-refractivity contribution is 5.92. The Bertz CT molecular complexity index is 5260. The number of halogens is 8. The second-order valence-electron chi connectivity index (χ2n) is 25.1. The quantitative estimate of drug-likeness (QED) is 0.0849. The zero-order valence-electron chi connectivity index (χ0n) is 54.2. The molecule has 2 aliphatic rings. The lowest BCUT2D eigenvalue weighted by molar-refractivity contribution is 0.482. The summed E-state index contributed by atoms with van der Waals surface area (Å²) < 4.78 is 136. The van der Waals surface area contributed by atoms with Gasteiger partial charge in [0.2, 0.25) is 0 Å². The summed E-state index contributed by atoms with van der Waals surface area (Å²) in [4.78, 5) is 3.60. The lowest BCUT2D eigenvalue weighted by atomic mass is 9.67. The predicted octanol–water partition coefficient (Wildman–Crippen LogP) is 25.0. The molecule has 0 aromatic heterocycles. The number of fused-ring (bicyclic) bond motifs is 6. The Kier molecular flexibility index (Phi) is 16.2. The molecule has 0 N–H and O–H groups in total. The van der Waals surface area contributed by atoms with Crippen molar-refractivity contribution in [3.8, 4) is 56.4 Å². The van der Waals surface area contributed by atoms with E-state index < -0.39 is 57.4 Å². The Labute approximate surface area is 583 Å². The first-order valence-electron chi connectivity index (χ1n) is 32.8. The van der Waals surface area contributed by atoms with Crippen LogP contribution in [-0.2, 0) is 10.8 Å². The molecule has 4 nitrogen and oxygen atoms in total. The minimum atomic E-state index is -1.26. The van der Waals surface area contributed by atoms with E-state index in [2.05, 4.69) is 13.2 Å². The fraction of sp³-hybridized carbons (Fsp3) is 0.0222. The van der Waals surface area contributed by atoms with E-state index in [0.717, 1.165) is 92.0 Å². The maximum atomic E-state index is 15.9. The molecule has 102 heavy (non-hydrogen) atoms. The van der Waals surface area contributed by atoms with E-state index in [4.69, 9.17) is 9.47 Å². The summed E-state index contributed by atoms with van der Waals surface area (Å²) in [5.41, 5.74) is 12.2. The van der Waals surface area contributed by atoms with Gasteiger partial charge in [0.25, 0.3) is 0 Å². The maximum absolute atomic E-state index is 15.9. The largest absolute Gasteiger partial charge is 0.457 e. The molecule has 2 atom stereocenters. The highest BCUT2D eigenvalue weighted by Crippen LogP contribution is 2.60. The average Bonchev–Trinajstić information content (AvgIpc) is 1.54. The molecule has 16 rings (SSSR count). The number of nitrogens with zero attached hydrogens (tertiary/aromatic N) is 2. The molecule has 0 bridgehead atoms. The van der Waals surface area contributed by atoms with E-state index >= 15 is 35.1 Å². The van der Waals surface area contributed by atoms with Gasteiger partial charge in [0, 0.05) is 46.3 Å². The SMILES string of the molecule is C=Cc1ccc(Oc2ccc(C3(c4ccc(F)c(F)c4)c4ccccc4-c4ccc(N(c5ccc(-c6ccc(N(c7ccc(F)c(F)c7)c7ccc8c(c7)C(c7ccc(Oc9ccc(C=C)cc9)cc7)(c7ccc(F)c(F)c7)c7ccccc7-8)cc6)cc5)c5ccc(F)c(F)c5)cc43)cc2)cc1. The lowest BCUT2D eigenvalue weighted by Crippen LogP contribution is -2.29. The lowest BCUT2D eigenvalue weighted by Gasteiger charge is -2.35. The topological polar surface area (TPSA) is 24.9 Å². The van der Waals surface area contributed by atoms with Crippen LogP contribution in [0.3, 0.4) is 0 Å². The van der Waals surface area contributed by atoms with Crippen molar-refractivity contribution >= 4 is 46.3 Å². The molecule has 494 valence electrons. The molecule has 2 unspecified atom stereocenters. The summed E-state index contributed by atoms with van der Waals surface area (Å²) in [6, 6.07) is 87.3. The van der Waals surface area contributed by atoms with Crippen molar-refractivity contribution < 1.29 is 44.6 Å². The molecule has 0 saturated carbocycles. The summed E-state index contributed by atoms with van der Waals surface area (Å²) in [6.45, 7) is 7.69. The van der Waals surface area contributed by atoms with E-state index in [9.17, 15) is 0 Å². The van der Waals surface area contributed by atoms with E-state index in [1.165, 1.54) is 24.3 Å². The van der Waals surface area contributed by atoms with Gasteiger partial charge in [-0.1, -0.05) is 171 Å². The standard InChI is InChI=1S/C90H56F8N2O2/c1-3-55-13-35-69(36-14-55)101-71-39-21-59(22-40-71)89(61-25-45-81(91)85(95)49-61)77-11-7-5-9-73(77)75-43-31-65(51-79(75)89)99(67-33-47-83(93)87(97)53-67)63-27-17-57(18-28-63)58-19-29-64(30-20-58)100(68-34-48-84(94)88(98)54-68)66-32-44-76-74-10-6-8-12-78(74)90(80(76)52-66,62-26-46-82(92)86(96)50-62)60-23-41-72(42-24-60)102-70-37-15-56(4-2)16-38-70/h3-54H,1-2H2. The number of hydrogen-bond acceptors (Lipinski definition) is 4. The summed E-state index contributed by atoms with van der Waals surface area (Å²) in [5.74, 6) is -6.07. The summed E-state index contributed by atoms with van der Waals surface area (Å²) in [6.07, 6.45) is 3.48. The second kappa shape index (κ2) is 25.8. The van der Waals surface area contributed by atoms with Crippen molar-refractivity contribution in [1.29, 1.82) is 0 Å². The fourth-order valence-corrected chi connectivity index (χ4v) is 14.8. The van der Waals surface area contributed by atoms with Crippen molar-refractivity contribution in [2.45, 2.75) is 10.8 Å². The van der Waals surface area contributed by atoms with Crippen LogP contribution in [0.2, 0.25) is 0 Å². The summed E-state index contributed by atoms with van der Waals surface area (Å²) >= 11 is 0. The van der Waals surface area contributed by atoms with Crippen molar-refractivity contribution in [2.75, 3.05) is 9.80 Å². The molecule has 14 aromatic carbocycles. The van der Waals surface area contributed by atoms with Crippen molar-refractivity contribution in [3.63, 3.8) is 0 Å². The van der Waals surface area contributed by atoms with Crippen LogP contribution in [0.15, 0.2) is 316 Å². The number of benzene rings is 14. The molecule has 2 aliphatic carbocycles. The molecule has 0 radical (unpaired) electrons. The van der Waals surface area contributed by atoms with E-state index in [1.807, 2.05) is 231 Å². The minimum Gasteiger partial charge on any atom is -0.457 e. The molecule has 0 aliphatic heterocycles. The molecule has 0 amide bonds. The number of hydrogen-bond donors (Lipinski definition) is 0. The second-order valence-corrected chi connectivity index (χ2v) is 25.1. The number of ether oxygens (including phenoxy) is 2. The van der Waals surface area contributed by atoms with Crippen LogP contribution in [0.4, 0.5) is 69.2 Å². The highest BCUT2D eigenvalue weighted by Gasteiger charge is 2.49. The fourth-order valence-electron chi connectivity index (χ4n) is 14.8. The van der Waals surface area contributed by atoms with Gasteiger partial charge >= 0.3 is 0 Å². The van der Waals surface area contributed by atoms with Crippen LogP contribution in [0.5, 0.6) is 23.0 Å². The number of anilines is 6. The van der Waals surface area contributed by atoms with Gasteiger partial charge in [0.15, 0.2) is 46.5 Å². The predicted molar refractivity (Wildman–Crippen MR) is 389 cm³/mol. The van der Waals surface area contributed by atoms with Gasteiger partial charge in [0.05, 0.1) is 10.8 Å². The Morgan fingerprint density at radius 2 is 0.529 bits per heavy atom. The molecule has 0 fully saturated rings. The van der Waals surface area contributed by atoms with Gasteiger partial charge < -0.3 is 19.3 Å². The zero-order valence-corrected chi connectivity index (χ0v) is 54.2. The minimum absolute atomic E-state index is 0.284. The first-order valence-corrected chi connectivity index (χ1v) is 32.8. The van der Waals surface area contributed by atoms with Gasteiger partial charge in [-0.3, -0.25) is 0 Å². The number of rotatable bonds is 17. The van der Waals surface area contributed by atoms with E-state index in [0.29, 0.717) is 79.1 Å². The van der Waals surface area contributed by atoms with Crippen molar-refractivity contribution in [2.24, 2.45) is 0 Å². The van der Waals surface area contributed by atoms with E-state index in [-0.39, 0.29) is 11.4 Å². The smallest absolute Gasteiger partial charge is 0.160 e. The molecule has 0 saturated heterocycles. The monoisotopic (exact) mass is 1350 g/mol. The van der Waals surface area contributed by atoms with Crippen molar-refractivity contribution in [3.05, 3.63) is 419 Å². The Morgan fingerprint density at radius 1 is 0.245 bits per heavy atom. The van der Waals surface area contributed by atoms with Crippen LogP contribution in [-0.4, -0.2) is 0 Å². The summed E-state index contributed by atoms with van der Waals surface area (Å²) in [5, 5.41) is 0. The first kappa shape index (κ1) is 63.9. The third kappa shape index (κ3) is 11.0. The Balaban J connectivity index is 0.781. The molecule has 0 heterocycles.